The number of ether oxygens (including phenoxy) is 1. The highest BCUT2D eigenvalue weighted by Gasteiger charge is 2.12. The van der Waals surface area contributed by atoms with Crippen molar-refractivity contribution in [3.05, 3.63) is 22.2 Å². The summed E-state index contributed by atoms with van der Waals surface area (Å²) in [6.07, 6.45) is 0. The second kappa shape index (κ2) is 4.08. The average Bonchev–Trinajstić information content (AvgIpc) is 2.09. The zero-order chi connectivity index (χ0) is 9.14. The molecule has 0 aliphatic rings. The average molecular weight is 227 g/mol. The first-order chi connectivity index (χ1) is 5.70. The number of halogens is 3. The van der Waals surface area contributed by atoms with Crippen LogP contribution in [0.1, 0.15) is 0 Å². The normalized spacial score (nSPS) is 9.67. The minimum Gasteiger partial charge on any atom is -0.493 e. The maximum atomic E-state index is 5.76. The molecule has 0 heterocycles. The summed E-state index contributed by atoms with van der Waals surface area (Å²) in [5.41, 5.74) is 0. The lowest BCUT2D eigenvalue weighted by molar-refractivity contribution is 0.397. The monoisotopic (exact) mass is 226 g/mol. The zero-order valence-corrected chi connectivity index (χ0v) is 8.37. The molecule has 0 bridgehead atoms. The lowest BCUT2D eigenvalue weighted by Gasteiger charge is -2.06. The molecular weight excluding hydrogens is 222 g/mol. The van der Waals surface area contributed by atoms with E-state index in [1.54, 1.807) is 12.1 Å². The number of rotatable bonds is 2. The van der Waals surface area contributed by atoms with Crippen molar-refractivity contribution >= 4 is 35.1 Å². The molecule has 1 aromatic carbocycles. The van der Waals surface area contributed by atoms with Crippen LogP contribution in [0.3, 0.4) is 0 Å². The minimum atomic E-state index is 0.230. The van der Waals surface area contributed by atoms with Crippen LogP contribution in [0.5, 0.6) is 11.5 Å². The van der Waals surface area contributed by atoms with Crippen LogP contribution in [0.4, 0.5) is 0 Å². The van der Waals surface area contributed by atoms with Crippen LogP contribution in [0.25, 0.3) is 0 Å². The third-order valence-corrected chi connectivity index (χ3v) is 2.25. The highest BCUT2D eigenvalue weighted by atomic mass is 35.5. The molecule has 0 spiro atoms. The lowest BCUT2D eigenvalue weighted by atomic mass is 10.3. The molecule has 12 heavy (non-hydrogen) atoms. The topological polar surface area (TPSA) is 18.5 Å². The SMILES string of the molecule is COc1ccc(Cl)c(Cl)c1OCl. The van der Waals surface area contributed by atoms with Crippen LogP contribution in [0.2, 0.25) is 10.0 Å². The molecule has 1 rings (SSSR count). The highest BCUT2D eigenvalue weighted by molar-refractivity contribution is 6.43. The molecule has 0 saturated carbocycles. The molecular formula is C7H5Cl3O2. The first kappa shape index (κ1) is 9.78. The van der Waals surface area contributed by atoms with Crippen molar-refractivity contribution in [3.8, 4) is 11.5 Å². The molecule has 0 radical (unpaired) electrons. The van der Waals surface area contributed by atoms with E-state index in [1.165, 1.54) is 7.11 Å². The Hall–Kier alpha value is -0.310. The fourth-order valence-electron chi connectivity index (χ4n) is 0.747. The Morgan fingerprint density at radius 3 is 2.42 bits per heavy atom. The van der Waals surface area contributed by atoms with Gasteiger partial charge in [0.05, 0.1) is 12.1 Å². The van der Waals surface area contributed by atoms with E-state index in [-0.39, 0.29) is 10.8 Å². The van der Waals surface area contributed by atoms with Gasteiger partial charge in [-0.15, -0.1) is 0 Å². The molecule has 1 aromatic rings. The van der Waals surface area contributed by atoms with Crippen molar-refractivity contribution in [1.82, 2.24) is 0 Å². The van der Waals surface area contributed by atoms with Gasteiger partial charge in [-0.3, -0.25) is 0 Å². The van der Waals surface area contributed by atoms with E-state index in [0.29, 0.717) is 10.8 Å². The maximum Gasteiger partial charge on any atom is 0.208 e. The van der Waals surface area contributed by atoms with Gasteiger partial charge in [0.25, 0.3) is 0 Å². The maximum absolute atomic E-state index is 5.76. The van der Waals surface area contributed by atoms with Crippen LogP contribution >= 0.6 is 35.1 Å². The Bertz CT molecular complexity index is 288. The van der Waals surface area contributed by atoms with E-state index in [2.05, 4.69) is 4.29 Å². The minimum absolute atomic E-state index is 0.230. The van der Waals surface area contributed by atoms with Gasteiger partial charge in [-0.25, -0.2) is 0 Å². The van der Waals surface area contributed by atoms with Crippen molar-refractivity contribution in [2.45, 2.75) is 0 Å². The Balaban J connectivity index is 3.25. The Morgan fingerprint density at radius 1 is 1.25 bits per heavy atom. The molecule has 0 aromatic heterocycles. The summed E-state index contributed by atoms with van der Waals surface area (Å²) in [5.74, 6) is 0.674. The molecule has 0 N–H and O–H groups in total. The van der Waals surface area contributed by atoms with Gasteiger partial charge >= 0.3 is 0 Å². The van der Waals surface area contributed by atoms with Gasteiger partial charge in [-0.1, -0.05) is 23.2 Å². The fraction of sp³-hybridized carbons (Fsp3) is 0.143. The first-order valence-electron chi connectivity index (χ1n) is 3.01. The zero-order valence-electron chi connectivity index (χ0n) is 6.11. The number of methoxy groups -OCH3 is 1. The van der Waals surface area contributed by atoms with Crippen molar-refractivity contribution in [1.29, 1.82) is 0 Å². The van der Waals surface area contributed by atoms with Crippen LogP contribution in [-0.4, -0.2) is 7.11 Å². The summed E-state index contributed by atoms with van der Waals surface area (Å²) in [4.78, 5) is 0. The van der Waals surface area contributed by atoms with E-state index in [9.17, 15) is 0 Å². The van der Waals surface area contributed by atoms with Crippen molar-refractivity contribution in [2.24, 2.45) is 0 Å². The summed E-state index contributed by atoms with van der Waals surface area (Å²) >= 11 is 16.6. The quantitative estimate of drug-likeness (QED) is 0.769. The van der Waals surface area contributed by atoms with Crippen molar-refractivity contribution in [2.75, 3.05) is 7.11 Å². The van der Waals surface area contributed by atoms with E-state index in [0.717, 1.165) is 0 Å². The largest absolute Gasteiger partial charge is 0.493 e. The molecule has 0 atom stereocenters. The predicted molar refractivity (Wildman–Crippen MR) is 49.5 cm³/mol. The molecule has 0 unspecified atom stereocenters. The van der Waals surface area contributed by atoms with E-state index < -0.39 is 0 Å². The second-order valence-corrected chi connectivity index (χ2v) is 2.91. The summed E-state index contributed by atoms with van der Waals surface area (Å²) in [6.45, 7) is 0. The highest BCUT2D eigenvalue weighted by Crippen LogP contribution is 2.40. The third kappa shape index (κ3) is 1.71. The standard InChI is InChI=1S/C7H5Cl3O2/c1-11-5-3-2-4(8)6(9)7(5)12-10/h2-3H,1H3. The number of benzene rings is 1. The summed E-state index contributed by atoms with van der Waals surface area (Å²) in [7, 11) is 1.49. The van der Waals surface area contributed by atoms with Gasteiger partial charge in [0.15, 0.2) is 5.75 Å². The first-order valence-corrected chi connectivity index (χ1v) is 4.07. The Labute approximate surface area is 85.1 Å². The molecule has 66 valence electrons. The van der Waals surface area contributed by atoms with Crippen LogP contribution in [0, 0.1) is 0 Å². The van der Waals surface area contributed by atoms with Gasteiger partial charge in [0, 0.05) is 0 Å². The van der Waals surface area contributed by atoms with Gasteiger partial charge < -0.3 is 9.03 Å². The van der Waals surface area contributed by atoms with E-state index in [1.807, 2.05) is 0 Å². The van der Waals surface area contributed by atoms with E-state index in [4.69, 9.17) is 39.8 Å². The molecule has 0 saturated heterocycles. The summed E-state index contributed by atoms with van der Waals surface area (Å²) in [6, 6.07) is 3.22. The second-order valence-electron chi connectivity index (χ2n) is 1.97. The number of hydrogen-bond donors (Lipinski definition) is 0. The van der Waals surface area contributed by atoms with Gasteiger partial charge in [-0.05, 0) is 12.1 Å². The predicted octanol–water partition coefficient (Wildman–Crippen LogP) is 3.53. The molecule has 0 aliphatic carbocycles. The fourth-order valence-corrected chi connectivity index (χ4v) is 1.28. The smallest absolute Gasteiger partial charge is 0.208 e. The molecule has 0 aliphatic heterocycles. The van der Waals surface area contributed by atoms with Gasteiger partial charge in [0.1, 0.15) is 16.9 Å². The molecule has 0 amide bonds. The van der Waals surface area contributed by atoms with Crippen LogP contribution in [0.15, 0.2) is 12.1 Å². The molecule has 5 heteroatoms. The van der Waals surface area contributed by atoms with Crippen LogP contribution < -0.4 is 9.03 Å². The Morgan fingerprint density at radius 2 is 1.92 bits per heavy atom. The van der Waals surface area contributed by atoms with E-state index >= 15 is 0 Å². The summed E-state index contributed by atoms with van der Waals surface area (Å²) < 4.78 is 9.40. The van der Waals surface area contributed by atoms with Crippen molar-refractivity contribution in [3.63, 3.8) is 0 Å². The molecule has 0 fully saturated rings. The number of hydrogen-bond acceptors (Lipinski definition) is 2. The molecule has 2 nitrogen and oxygen atoms in total. The van der Waals surface area contributed by atoms with Crippen LogP contribution in [-0.2, 0) is 0 Å². The Kier molecular flexibility index (Phi) is 3.32. The van der Waals surface area contributed by atoms with Gasteiger partial charge in [0.2, 0.25) is 5.75 Å². The van der Waals surface area contributed by atoms with Crippen molar-refractivity contribution < 1.29 is 9.03 Å². The third-order valence-electron chi connectivity index (χ3n) is 1.31. The van der Waals surface area contributed by atoms with Gasteiger partial charge in [-0.2, -0.15) is 0 Å². The summed E-state index contributed by atoms with van der Waals surface area (Å²) in [5, 5.41) is 0.610. The lowest BCUT2D eigenvalue weighted by Crippen LogP contribution is -1.87.